The number of thioether (sulfide) groups is 1. The molecule has 4 rings (SSSR count). The highest BCUT2D eigenvalue weighted by Crippen LogP contribution is 2.27. The minimum atomic E-state index is -3.58. The van der Waals surface area contributed by atoms with Crippen molar-refractivity contribution in [2.24, 2.45) is 0 Å². The predicted octanol–water partition coefficient (Wildman–Crippen LogP) is 1.31. The van der Waals surface area contributed by atoms with Crippen LogP contribution in [0.5, 0.6) is 0 Å². The average Bonchev–Trinajstić information content (AvgIpc) is 3.39. The van der Waals surface area contributed by atoms with Gasteiger partial charge in [0.05, 0.1) is 22.2 Å². The maximum atomic E-state index is 12.9. The number of nitrogens with one attached hydrogen (secondary N) is 1. The molecule has 2 aliphatic heterocycles. The van der Waals surface area contributed by atoms with Gasteiger partial charge in [-0.2, -0.15) is 4.31 Å². The van der Waals surface area contributed by atoms with Crippen LogP contribution < -0.4 is 5.32 Å². The van der Waals surface area contributed by atoms with Gasteiger partial charge in [0.15, 0.2) is 9.84 Å². The molecular formula is C19H24N4O6S3. The summed E-state index contributed by atoms with van der Waals surface area (Å²) < 4.78 is 55.9. The average molecular weight is 501 g/mol. The minimum Gasteiger partial charge on any atom is -0.411 e. The molecule has 1 aromatic heterocycles. The van der Waals surface area contributed by atoms with Gasteiger partial charge >= 0.3 is 0 Å². The lowest BCUT2D eigenvalue weighted by atomic mass is 10.2. The van der Waals surface area contributed by atoms with Gasteiger partial charge in [-0.3, -0.25) is 4.79 Å². The Morgan fingerprint density at radius 3 is 2.72 bits per heavy atom. The monoisotopic (exact) mass is 500 g/mol. The van der Waals surface area contributed by atoms with Gasteiger partial charge in [-0.25, -0.2) is 16.8 Å². The van der Waals surface area contributed by atoms with Crippen molar-refractivity contribution in [3.63, 3.8) is 0 Å². The second-order valence-electron chi connectivity index (χ2n) is 7.82. The zero-order chi connectivity index (χ0) is 22.8. The van der Waals surface area contributed by atoms with Crippen molar-refractivity contribution in [1.29, 1.82) is 0 Å². The second-order valence-corrected chi connectivity index (χ2v) is 12.9. The first kappa shape index (κ1) is 23.2. The maximum absolute atomic E-state index is 12.9. The number of nitrogens with zero attached hydrogens (tertiary/aromatic N) is 3. The van der Waals surface area contributed by atoms with Crippen LogP contribution in [0.1, 0.15) is 25.7 Å². The molecule has 0 saturated carbocycles. The number of hydrogen-bond donors (Lipinski definition) is 1. The van der Waals surface area contributed by atoms with E-state index in [1.54, 1.807) is 18.2 Å². The number of rotatable bonds is 7. The Bertz CT molecular complexity index is 1190. The van der Waals surface area contributed by atoms with E-state index in [0.717, 1.165) is 31.0 Å². The molecule has 1 atom stereocenters. The van der Waals surface area contributed by atoms with Crippen molar-refractivity contribution >= 4 is 37.5 Å². The van der Waals surface area contributed by atoms with Gasteiger partial charge in [-0.15, -0.1) is 10.2 Å². The molecular weight excluding hydrogens is 476 g/mol. The van der Waals surface area contributed by atoms with Gasteiger partial charge in [-0.05, 0) is 37.5 Å². The Labute approximate surface area is 191 Å². The zero-order valence-electron chi connectivity index (χ0n) is 17.3. The topological polar surface area (TPSA) is 140 Å². The van der Waals surface area contributed by atoms with E-state index in [2.05, 4.69) is 15.5 Å². The molecule has 2 aliphatic rings. The van der Waals surface area contributed by atoms with Crippen molar-refractivity contribution < 1.29 is 26.0 Å². The first-order chi connectivity index (χ1) is 15.2. The SMILES string of the molecule is O=C(CSc1nnc(-c2cccc(S(=O)(=O)N3CCCCC3)c2)o1)N[C@@H]1CCS(=O)(=O)C1. The van der Waals surface area contributed by atoms with E-state index in [1.165, 1.54) is 10.4 Å². The summed E-state index contributed by atoms with van der Waals surface area (Å²) in [6.45, 7) is 1.03. The van der Waals surface area contributed by atoms with E-state index < -0.39 is 19.9 Å². The van der Waals surface area contributed by atoms with Crippen molar-refractivity contribution in [2.45, 2.75) is 41.8 Å². The summed E-state index contributed by atoms with van der Waals surface area (Å²) in [5.74, 6) is -0.103. The number of aromatic nitrogens is 2. The van der Waals surface area contributed by atoms with Gasteiger partial charge in [0.1, 0.15) is 0 Å². The molecule has 0 aliphatic carbocycles. The van der Waals surface area contributed by atoms with Crippen LogP contribution in [-0.2, 0) is 24.7 Å². The molecule has 2 saturated heterocycles. The van der Waals surface area contributed by atoms with Crippen molar-refractivity contribution in [2.75, 3.05) is 30.3 Å². The van der Waals surface area contributed by atoms with Gasteiger partial charge in [-0.1, -0.05) is 24.2 Å². The minimum absolute atomic E-state index is 0.00155. The lowest BCUT2D eigenvalue weighted by Crippen LogP contribution is -2.36. The molecule has 13 heteroatoms. The van der Waals surface area contributed by atoms with Crippen LogP contribution in [-0.4, -0.2) is 73.6 Å². The third kappa shape index (κ3) is 5.50. The maximum Gasteiger partial charge on any atom is 0.277 e. The molecule has 174 valence electrons. The zero-order valence-corrected chi connectivity index (χ0v) is 19.7. The highest BCUT2D eigenvalue weighted by Gasteiger charge is 2.29. The summed E-state index contributed by atoms with van der Waals surface area (Å²) in [5, 5.41) is 10.7. The number of hydrogen-bond acceptors (Lipinski definition) is 9. The summed E-state index contributed by atoms with van der Waals surface area (Å²) in [5.41, 5.74) is 0.475. The molecule has 0 spiro atoms. The van der Waals surface area contributed by atoms with E-state index >= 15 is 0 Å². The summed E-state index contributed by atoms with van der Waals surface area (Å²) in [4.78, 5) is 12.3. The van der Waals surface area contributed by atoms with E-state index in [4.69, 9.17) is 4.42 Å². The molecule has 10 nitrogen and oxygen atoms in total. The van der Waals surface area contributed by atoms with Gasteiger partial charge < -0.3 is 9.73 Å². The summed E-state index contributed by atoms with van der Waals surface area (Å²) in [6.07, 6.45) is 3.16. The van der Waals surface area contributed by atoms with Crippen molar-refractivity contribution in [3.8, 4) is 11.5 Å². The molecule has 0 unspecified atom stereocenters. The molecule has 2 fully saturated rings. The summed E-state index contributed by atoms with van der Waals surface area (Å²) in [6, 6.07) is 6.01. The van der Waals surface area contributed by atoms with Crippen LogP contribution in [0.2, 0.25) is 0 Å². The third-order valence-electron chi connectivity index (χ3n) is 5.36. The molecule has 1 amide bonds. The fourth-order valence-electron chi connectivity index (χ4n) is 3.73. The fourth-order valence-corrected chi connectivity index (χ4v) is 7.55. The standard InChI is InChI=1S/C19H24N4O6S3/c24-17(20-15-7-10-31(25,26)13-15)12-30-19-22-21-18(29-19)14-5-4-6-16(11-14)32(27,28)23-8-2-1-3-9-23/h4-6,11,15H,1-3,7-10,12-13H2,(H,20,24)/t15-/m1/s1. The number of sulfone groups is 1. The largest absolute Gasteiger partial charge is 0.411 e. The van der Waals surface area contributed by atoms with E-state index in [9.17, 15) is 21.6 Å². The number of sulfonamides is 1. The van der Waals surface area contributed by atoms with Gasteiger partial charge in [0.2, 0.25) is 21.8 Å². The predicted molar refractivity (Wildman–Crippen MR) is 118 cm³/mol. The number of piperidine rings is 1. The van der Waals surface area contributed by atoms with Gasteiger partial charge in [0, 0.05) is 24.7 Å². The number of benzene rings is 1. The summed E-state index contributed by atoms with van der Waals surface area (Å²) >= 11 is 1.03. The number of amides is 1. The smallest absolute Gasteiger partial charge is 0.277 e. The van der Waals surface area contributed by atoms with Crippen LogP contribution in [0.3, 0.4) is 0 Å². The van der Waals surface area contributed by atoms with Crippen molar-refractivity contribution in [3.05, 3.63) is 24.3 Å². The Balaban J connectivity index is 1.38. The first-order valence-electron chi connectivity index (χ1n) is 10.3. The van der Waals surface area contributed by atoms with Crippen molar-refractivity contribution in [1.82, 2.24) is 19.8 Å². The molecule has 32 heavy (non-hydrogen) atoms. The van der Waals surface area contributed by atoms with E-state index in [0.29, 0.717) is 25.1 Å². The molecule has 3 heterocycles. The van der Waals surface area contributed by atoms with Crippen LogP contribution in [0.15, 0.2) is 38.8 Å². The summed E-state index contributed by atoms with van der Waals surface area (Å²) in [7, 11) is -6.65. The molecule has 0 bridgehead atoms. The molecule has 2 aromatic rings. The van der Waals surface area contributed by atoms with Gasteiger partial charge in [0.25, 0.3) is 5.22 Å². The lowest BCUT2D eigenvalue weighted by molar-refractivity contribution is -0.119. The Morgan fingerprint density at radius 2 is 2.00 bits per heavy atom. The Hall–Kier alpha value is -1.96. The Kier molecular flexibility index (Phi) is 6.89. The van der Waals surface area contributed by atoms with E-state index in [1.807, 2.05) is 0 Å². The first-order valence-corrected chi connectivity index (χ1v) is 14.5. The molecule has 1 N–H and O–H groups in total. The highest BCUT2D eigenvalue weighted by atomic mass is 32.2. The van der Waals surface area contributed by atoms with Crippen LogP contribution in [0, 0.1) is 0 Å². The van der Waals surface area contributed by atoms with Crippen LogP contribution >= 0.6 is 11.8 Å². The van der Waals surface area contributed by atoms with Crippen LogP contribution in [0.25, 0.3) is 11.5 Å². The highest BCUT2D eigenvalue weighted by molar-refractivity contribution is 7.99. The Morgan fingerprint density at radius 1 is 1.22 bits per heavy atom. The fraction of sp³-hybridized carbons (Fsp3) is 0.526. The second kappa shape index (κ2) is 9.49. The van der Waals surface area contributed by atoms with Crippen LogP contribution in [0.4, 0.5) is 0 Å². The number of carbonyl (C=O) groups is 1. The molecule has 1 aromatic carbocycles. The molecule has 0 radical (unpaired) electrons. The number of carbonyl (C=O) groups excluding carboxylic acids is 1. The quantitative estimate of drug-likeness (QED) is 0.557. The van der Waals surface area contributed by atoms with E-state index in [-0.39, 0.29) is 45.2 Å². The normalized spacial score (nSPS) is 21.4. The lowest BCUT2D eigenvalue weighted by Gasteiger charge is -2.25. The third-order valence-corrected chi connectivity index (χ3v) is 9.85.